The maximum Gasteiger partial charge on any atom is 0.303 e. The summed E-state index contributed by atoms with van der Waals surface area (Å²) in [7, 11) is -11.8. The van der Waals surface area contributed by atoms with Crippen LogP contribution in [0.15, 0.2) is 94.4 Å². The van der Waals surface area contributed by atoms with E-state index in [9.17, 15) is 43.7 Å². The lowest BCUT2D eigenvalue weighted by Crippen LogP contribution is -2.32. The second-order valence-electron chi connectivity index (χ2n) is 17.3. The first-order chi connectivity index (χ1) is 33.7. The van der Waals surface area contributed by atoms with Crippen molar-refractivity contribution in [2.24, 2.45) is 0 Å². The maximum absolute atomic E-state index is 12.3. The van der Waals surface area contributed by atoms with Gasteiger partial charge in [-0.2, -0.15) is 29.8 Å². The van der Waals surface area contributed by atoms with Gasteiger partial charge in [0.15, 0.2) is 5.71 Å². The number of ether oxygens (including phenoxy) is 6. The number of benzene rings is 2. The molecule has 0 saturated carbocycles. The Bertz CT molecular complexity index is 2580. The monoisotopic (exact) mass is 1060 g/mol. The Hall–Kier alpha value is -4.17. The summed E-state index contributed by atoms with van der Waals surface area (Å²) in [6.45, 7) is 11.5. The van der Waals surface area contributed by atoms with Crippen LogP contribution in [-0.2, 0) is 74.4 Å². The summed E-state index contributed by atoms with van der Waals surface area (Å²) in [5.41, 5.74) is 2.62. The van der Waals surface area contributed by atoms with Gasteiger partial charge >= 0.3 is 5.97 Å². The van der Waals surface area contributed by atoms with E-state index in [-0.39, 0.29) is 29.1 Å². The number of fused-ring (bicyclic) bond motifs is 2. The molecule has 0 spiro atoms. The average molecular weight is 1060 g/mol. The average Bonchev–Trinajstić information content (AvgIpc) is 3.67. The Balaban J connectivity index is 1.49. The first kappa shape index (κ1) is 59.4. The molecule has 0 saturated heterocycles. The highest BCUT2D eigenvalue weighted by molar-refractivity contribution is 7.86. The molecule has 22 heteroatoms. The van der Waals surface area contributed by atoms with Crippen LogP contribution in [0.1, 0.15) is 76.8 Å². The normalized spacial score (nSPS) is 19.1. The zero-order valence-corrected chi connectivity index (χ0v) is 43.5. The van der Waals surface area contributed by atoms with Crippen LogP contribution >= 0.6 is 0 Å². The van der Waals surface area contributed by atoms with Crippen LogP contribution < -0.4 is 4.90 Å². The summed E-state index contributed by atoms with van der Waals surface area (Å²) < 4.78 is 137. The van der Waals surface area contributed by atoms with Crippen molar-refractivity contribution in [2.45, 2.75) is 86.3 Å². The highest BCUT2D eigenvalue weighted by atomic mass is 32.2. The van der Waals surface area contributed by atoms with Crippen LogP contribution in [-0.4, -0.2) is 159 Å². The molecule has 0 aliphatic carbocycles. The minimum atomic E-state index is -4.59. The molecule has 0 amide bonds. The van der Waals surface area contributed by atoms with Gasteiger partial charge in [-0.1, -0.05) is 30.4 Å². The lowest BCUT2D eigenvalue weighted by atomic mass is 9.76. The SMILES string of the molecule is CCN1C(=CC=CC=CC=CC2=[N+](CCCCCC(=O)O)c3ccc(S(=O)(=O)O)cc3C2(C)CCCS(=O)(=O)O)C(C)(CCOCCOCCOCCOCCOCCOC)c2cc(S(=O)(=O)O)ccc21. The Morgan fingerprint density at radius 2 is 1.18 bits per heavy atom. The van der Waals surface area contributed by atoms with Crippen LogP contribution in [0.25, 0.3) is 0 Å². The van der Waals surface area contributed by atoms with Gasteiger partial charge in [0.05, 0.1) is 87.0 Å². The third kappa shape index (κ3) is 18.1. The number of hydrogen-bond acceptors (Lipinski definition) is 14. The first-order valence-electron chi connectivity index (χ1n) is 23.6. The van der Waals surface area contributed by atoms with E-state index in [0.717, 1.165) is 16.9 Å². The molecule has 396 valence electrons. The molecule has 2 aliphatic rings. The quantitative estimate of drug-likeness (QED) is 0.0255. The number of carboxylic acid groups (broad SMARTS) is 1. The first-order valence-corrected chi connectivity index (χ1v) is 28.1. The van der Waals surface area contributed by atoms with E-state index in [1.807, 2.05) is 49.7 Å². The Labute approximate surface area is 419 Å². The zero-order valence-electron chi connectivity index (χ0n) is 41.1. The van der Waals surface area contributed by atoms with Gasteiger partial charge < -0.3 is 38.4 Å². The van der Waals surface area contributed by atoms with Crippen LogP contribution in [0.4, 0.5) is 11.4 Å². The van der Waals surface area contributed by atoms with Crippen LogP contribution in [0, 0.1) is 0 Å². The fourth-order valence-corrected chi connectivity index (χ4v) is 10.2. The molecule has 2 atom stereocenters. The van der Waals surface area contributed by atoms with Gasteiger partial charge in [-0.05, 0) is 94.8 Å². The second kappa shape index (κ2) is 28.3. The molecule has 2 aliphatic heterocycles. The van der Waals surface area contributed by atoms with E-state index < -0.39 is 52.9 Å². The minimum Gasteiger partial charge on any atom is -0.481 e. The van der Waals surface area contributed by atoms with E-state index >= 15 is 0 Å². The van der Waals surface area contributed by atoms with Crippen molar-refractivity contribution >= 4 is 53.4 Å². The number of carbonyl (C=O) groups is 1. The molecule has 2 aromatic carbocycles. The third-order valence-electron chi connectivity index (χ3n) is 12.3. The molecular weight excluding hydrogens is 985 g/mol. The highest BCUT2D eigenvalue weighted by Gasteiger charge is 2.48. The number of unbranched alkanes of at least 4 members (excludes halogenated alkanes) is 2. The summed E-state index contributed by atoms with van der Waals surface area (Å²) in [6.07, 6.45) is 15.2. The van der Waals surface area contributed by atoms with Gasteiger partial charge in [0, 0.05) is 67.6 Å². The number of rotatable bonds is 35. The number of likely N-dealkylation sites (N-methyl/N-ethyl adjacent to an activating group) is 1. The summed E-state index contributed by atoms with van der Waals surface area (Å²) >= 11 is 0. The molecule has 19 nitrogen and oxygen atoms in total. The predicted molar refractivity (Wildman–Crippen MR) is 268 cm³/mol. The molecule has 4 rings (SSSR count). The summed E-state index contributed by atoms with van der Waals surface area (Å²) in [5.74, 6) is -1.42. The van der Waals surface area contributed by atoms with Crippen molar-refractivity contribution in [3.63, 3.8) is 0 Å². The molecule has 2 aromatic rings. The molecule has 2 heterocycles. The minimum absolute atomic E-state index is 0.0128. The van der Waals surface area contributed by atoms with Crippen LogP contribution in [0.2, 0.25) is 0 Å². The van der Waals surface area contributed by atoms with Crippen molar-refractivity contribution in [1.29, 1.82) is 0 Å². The maximum atomic E-state index is 12.3. The predicted octanol–water partition coefficient (Wildman–Crippen LogP) is 6.32. The molecule has 0 aromatic heterocycles. The molecule has 0 fully saturated rings. The van der Waals surface area contributed by atoms with Gasteiger partial charge in [0.2, 0.25) is 5.69 Å². The number of allylic oxidation sites excluding steroid dienone is 8. The molecule has 2 unspecified atom stereocenters. The van der Waals surface area contributed by atoms with Crippen LogP contribution in [0.5, 0.6) is 0 Å². The molecular formula is C49H71N2O17S3+. The number of aliphatic carboxylic acids is 1. The fraction of sp³-hybridized carbons (Fsp3) is 0.551. The standard InChI is InChI=1S/C49H70N2O17S3/c1-5-50-43-20-18-39(70(57,58)59)37-41(43)49(3,23-25-64-28-29-66-32-33-68-35-34-67-31-30-65-27-26-63-4)45(50)15-10-7-6-8-11-16-46-48(2,22-14-36-69(54,55)56)42-38-40(71(60,61)62)19-21-44(42)51(46)24-13-9-12-17-47(52)53/h6-8,10-11,15-16,18-21,37-38H,5,9,12-14,17,22-36H2,1-4H3,(H3-,52,53,54,55,56,57,58,59,60,61,62)/p+1. The van der Waals surface area contributed by atoms with E-state index in [2.05, 4.69) is 4.90 Å². The van der Waals surface area contributed by atoms with Gasteiger partial charge in [-0.3, -0.25) is 18.5 Å². The van der Waals surface area contributed by atoms with Gasteiger partial charge in [-0.25, -0.2) is 0 Å². The van der Waals surface area contributed by atoms with E-state index in [1.54, 1.807) is 37.5 Å². The summed E-state index contributed by atoms with van der Waals surface area (Å²) in [6, 6.07) is 8.84. The fourth-order valence-electron chi connectivity index (χ4n) is 8.71. The largest absolute Gasteiger partial charge is 0.481 e. The molecule has 0 radical (unpaired) electrons. The lowest BCUT2D eigenvalue weighted by molar-refractivity contribution is -0.438. The number of carboxylic acids is 1. The molecule has 4 N–H and O–H groups in total. The summed E-state index contributed by atoms with van der Waals surface area (Å²) in [5, 5.41) is 9.14. The van der Waals surface area contributed by atoms with Crippen molar-refractivity contribution in [3.05, 3.63) is 95.8 Å². The smallest absolute Gasteiger partial charge is 0.303 e. The van der Waals surface area contributed by atoms with Crippen molar-refractivity contribution in [2.75, 3.05) is 104 Å². The second-order valence-corrected chi connectivity index (χ2v) is 21.7. The van der Waals surface area contributed by atoms with Gasteiger partial charge in [0.1, 0.15) is 6.54 Å². The van der Waals surface area contributed by atoms with Crippen molar-refractivity contribution < 1.29 is 81.8 Å². The Morgan fingerprint density at radius 3 is 1.73 bits per heavy atom. The zero-order chi connectivity index (χ0) is 52.1. The van der Waals surface area contributed by atoms with Crippen molar-refractivity contribution in [3.8, 4) is 0 Å². The van der Waals surface area contributed by atoms with E-state index in [4.69, 9.17) is 33.5 Å². The summed E-state index contributed by atoms with van der Waals surface area (Å²) in [4.78, 5) is 12.7. The topological polar surface area (TPSA) is 262 Å². The Kier molecular flexibility index (Phi) is 23.7. The molecule has 0 bridgehead atoms. The van der Waals surface area contributed by atoms with E-state index in [0.29, 0.717) is 128 Å². The third-order valence-corrected chi connectivity index (χ3v) is 14.8. The number of anilines is 1. The Morgan fingerprint density at radius 1 is 0.648 bits per heavy atom. The molecule has 71 heavy (non-hydrogen) atoms. The van der Waals surface area contributed by atoms with Gasteiger partial charge in [0.25, 0.3) is 30.4 Å². The highest BCUT2D eigenvalue weighted by Crippen LogP contribution is 2.50. The number of methoxy groups -OCH3 is 1. The van der Waals surface area contributed by atoms with Crippen molar-refractivity contribution in [1.82, 2.24) is 0 Å². The lowest BCUT2D eigenvalue weighted by Gasteiger charge is -2.30. The van der Waals surface area contributed by atoms with Crippen LogP contribution in [0.3, 0.4) is 0 Å². The van der Waals surface area contributed by atoms with E-state index in [1.165, 1.54) is 24.3 Å². The number of nitrogens with zero attached hydrogens (tertiary/aromatic N) is 2. The number of hydrogen-bond donors (Lipinski definition) is 4. The van der Waals surface area contributed by atoms with Gasteiger partial charge in [-0.15, -0.1) is 0 Å².